The highest BCUT2D eigenvalue weighted by molar-refractivity contribution is 5.79. The summed E-state index contributed by atoms with van der Waals surface area (Å²) in [5, 5.41) is 10.8. The minimum atomic E-state index is 0.00551. The molecule has 0 radical (unpaired) electrons. The molecule has 2 aromatic heterocycles. The van der Waals surface area contributed by atoms with Gasteiger partial charge in [-0.05, 0) is 30.2 Å². The van der Waals surface area contributed by atoms with Crippen LogP contribution < -0.4 is 16.2 Å². The molecule has 0 amide bonds. The van der Waals surface area contributed by atoms with E-state index in [1.54, 1.807) is 29.1 Å². The molecule has 2 N–H and O–H groups in total. The molecule has 0 spiro atoms. The Morgan fingerprint density at radius 2 is 1.86 bits per heavy atom. The lowest BCUT2D eigenvalue weighted by Crippen LogP contribution is -2.37. The molecule has 2 heterocycles. The quantitative estimate of drug-likeness (QED) is 0.486. The Morgan fingerprint density at radius 1 is 1.07 bits per heavy atom. The SMILES string of the molecule is CCNC(=NCc1ccc(Cn2ccccc2=O)cc1)NCc1ccnn1C. The van der Waals surface area contributed by atoms with Gasteiger partial charge in [-0.3, -0.25) is 9.48 Å². The number of benzene rings is 1. The summed E-state index contributed by atoms with van der Waals surface area (Å²) in [6.45, 7) is 4.64. The number of guanidine groups is 1. The average Bonchev–Trinajstić information content (AvgIpc) is 3.12. The van der Waals surface area contributed by atoms with Crippen molar-refractivity contribution in [1.29, 1.82) is 0 Å². The molecule has 1 aromatic carbocycles. The standard InChI is InChI=1S/C21H26N6O/c1-3-22-21(24-15-19-11-12-25-26(19)2)23-14-17-7-9-18(10-8-17)16-27-13-5-4-6-20(27)28/h4-13H,3,14-16H2,1-2H3,(H2,22,23,24). The van der Waals surface area contributed by atoms with Gasteiger partial charge in [0.15, 0.2) is 5.96 Å². The summed E-state index contributed by atoms with van der Waals surface area (Å²) in [5.41, 5.74) is 3.29. The van der Waals surface area contributed by atoms with Crippen molar-refractivity contribution in [2.45, 2.75) is 26.6 Å². The highest BCUT2D eigenvalue weighted by atomic mass is 16.1. The van der Waals surface area contributed by atoms with E-state index in [1.165, 1.54) is 0 Å². The van der Waals surface area contributed by atoms with Gasteiger partial charge in [0, 0.05) is 32.1 Å². The lowest BCUT2D eigenvalue weighted by molar-refractivity contribution is 0.685. The van der Waals surface area contributed by atoms with E-state index in [0.717, 1.165) is 29.3 Å². The molecule has 28 heavy (non-hydrogen) atoms. The van der Waals surface area contributed by atoms with E-state index in [9.17, 15) is 4.79 Å². The first-order valence-electron chi connectivity index (χ1n) is 9.38. The number of rotatable bonds is 7. The maximum Gasteiger partial charge on any atom is 0.250 e. The fourth-order valence-electron chi connectivity index (χ4n) is 2.80. The minimum Gasteiger partial charge on any atom is -0.357 e. The summed E-state index contributed by atoms with van der Waals surface area (Å²) in [7, 11) is 1.92. The number of nitrogens with one attached hydrogen (secondary N) is 2. The number of aromatic nitrogens is 3. The second-order valence-corrected chi connectivity index (χ2v) is 6.48. The smallest absolute Gasteiger partial charge is 0.250 e. The summed E-state index contributed by atoms with van der Waals surface area (Å²) < 4.78 is 3.53. The maximum atomic E-state index is 11.8. The van der Waals surface area contributed by atoms with Gasteiger partial charge in [0.25, 0.3) is 5.56 Å². The predicted octanol–water partition coefficient (Wildman–Crippen LogP) is 1.89. The van der Waals surface area contributed by atoms with Gasteiger partial charge in [-0.2, -0.15) is 5.10 Å². The van der Waals surface area contributed by atoms with Gasteiger partial charge >= 0.3 is 0 Å². The summed E-state index contributed by atoms with van der Waals surface area (Å²) >= 11 is 0. The van der Waals surface area contributed by atoms with Gasteiger partial charge in [0.2, 0.25) is 0 Å². The van der Waals surface area contributed by atoms with Gasteiger partial charge in [-0.25, -0.2) is 4.99 Å². The van der Waals surface area contributed by atoms with Gasteiger partial charge in [-0.15, -0.1) is 0 Å². The average molecular weight is 378 g/mol. The van der Waals surface area contributed by atoms with Crippen molar-refractivity contribution < 1.29 is 0 Å². The first-order valence-corrected chi connectivity index (χ1v) is 9.38. The number of pyridine rings is 1. The summed E-state index contributed by atoms with van der Waals surface area (Å²) in [6, 6.07) is 15.4. The Balaban J connectivity index is 1.60. The van der Waals surface area contributed by atoms with Gasteiger partial charge < -0.3 is 15.2 Å². The second kappa shape index (κ2) is 9.55. The highest BCUT2D eigenvalue weighted by Crippen LogP contribution is 2.07. The largest absolute Gasteiger partial charge is 0.357 e. The monoisotopic (exact) mass is 378 g/mol. The van der Waals surface area contributed by atoms with Crippen molar-refractivity contribution in [3.05, 3.63) is 88.1 Å². The molecule has 0 aliphatic heterocycles. The first kappa shape index (κ1) is 19.4. The van der Waals surface area contributed by atoms with Crippen LogP contribution in [0.3, 0.4) is 0 Å². The third-order valence-electron chi connectivity index (χ3n) is 4.40. The van der Waals surface area contributed by atoms with Gasteiger partial charge in [-0.1, -0.05) is 30.3 Å². The lowest BCUT2D eigenvalue weighted by atomic mass is 10.1. The molecular weight excluding hydrogens is 352 g/mol. The molecule has 0 aliphatic carbocycles. The Bertz CT molecular complexity index is 971. The number of nitrogens with zero attached hydrogens (tertiary/aromatic N) is 4. The zero-order valence-corrected chi connectivity index (χ0v) is 16.3. The summed E-state index contributed by atoms with van der Waals surface area (Å²) in [4.78, 5) is 16.5. The summed E-state index contributed by atoms with van der Waals surface area (Å²) in [6.07, 6.45) is 3.59. The lowest BCUT2D eigenvalue weighted by Gasteiger charge is -2.11. The van der Waals surface area contributed by atoms with Crippen molar-refractivity contribution in [1.82, 2.24) is 25.0 Å². The van der Waals surface area contributed by atoms with Crippen molar-refractivity contribution in [3.63, 3.8) is 0 Å². The Hall–Kier alpha value is -3.35. The Labute approximate surface area is 164 Å². The topological polar surface area (TPSA) is 76.2 Å². The van der Waals surface area contributed by atoms with Gasteiger partial charge in [0.1, 0.15) is 0 Å². The van der Waals surface area contributed by atoms with E-state index in [4.69, 9.17) is 0 Å². The van der Waals surface area contributed by atoms with E-state index in [0.29, 0.717) is 19.6 Å². The van der Waals surface area contributed by atoms with Crippen LogP contribution in [-0.4, -0.2) is 26.9 Å². The number of aryl methyl sites for hydroxylation is 1. The fourth-order valence-corrected chi connectivity index (χ4v) is 2.80. The number of aliphatic imine (C=N–C) groups is 1. The van der Waals surface area contributed by atoms with Crippen LogP contribution in [0.5, 0.6) is 0 Å². The zero-order chi connectivity index (χ0) is 19.8. The van der Waals surface area contributed by atoms with Crippen LogP contribution in [0.2, 0.25) is 0 Å². The molecule has 0 saturated carbocycles. The molecule has 3 aromatic rings. The van der Waals surface area contributed by atoms with E-state index in [1.807, 2.05) is 42.9 Å². The minimum absolute atomic E-state index is 0.00551. The second-order valence-electron chi connectivity index (χ2n) is 6.48. The number of hydrogen-bond acceptors (Lipinski definition) is 3. The van der Waals surface area contributed by atoms with E-state index >= 15 is 0 Å². The molecule has 3 rings (SSSR count). The molecule has 7 heteroatoms. The molecule has 0 saturated heterocycles. The predicted molar refractivity (Wildman–Crippen MR) is 111 cm³/mol. The van der Waals surface area contributed by atoms with Crippen LogP contribution in [-0.2, 0) is 26.7 Å². The third kappa shape index (κ3) is 5.33. The zero-order valence-electron chi connectivity index (χ0n) is 16.3. The molecule has 7 nitrogen and oxygen atoms in total. The highest BCUT2D eigenvalue weighted by Gasteiger charge is 2.02. The van der Waals surface area contributed by atoms with Gasteiger partial charge in [0.05, 0.1) is 25.3 Å². The van der Waals surface area contributed by atoms with E-state index in [-0.39, 0.29) is 5.56 Å². The van der Waals surface area contributed by atoms with Crippen LogP contribution in [0.25, 0.3) is 0 Å². The van der Waals surface area contributed by atoms with Crippen molar-refractivity contribution in [2.75, 3.05) is 6.54 Å². The molecule has 0 fully saturated rings. The third-order valence-corrected chi connectivity index (χ3v) is 4.40. The molecule has 0 atom stereocenters. The van der Waals surface area contributed by atoms with Crippen LogP contribution in [0.4, 0.5) is 0 Å². The molecular formula is C21H26N6O. The molecule has 0 bridgehead atoms. The first-order chi connectivity index (χ1) is 13.7. The van der Waals surface area contributed by atoms with Crippen LogP contribution >= 0.6 is 0 Å². The Morgan fingerprint density at radius 3 is 2.54 bits per heavy atom. The van der Waals surface area contributed by atoms with Crippen LogP contribution in [0, 0.1) is 0 Å². The molecule has 146 valence electrons. The maximum absolute atomic E-state index is 11.8. The van der Waals surface area contributed by atoms with E-state index < -0.39 is 0 Å². The fraction of sp³-hybridized carbons (Fsp3) is 0.286. The van der Waals surface area contributed by atoms with Crippen molar-refractivity contribution >= 4 is 5.96 Å². The number of hydrogen-bond donors (Lipinski definition) is 2. The summed E-state index contributed by atoms with van der Waals surface area (Å²) in [5.74, 6) is 0.767. The molecule has 0 unspecified atom stereocenters. The van der Waals surface area contributed by atoms with Crippen LogP contribution in [0.1, 0.15) is 23.7 Å². The molecule has 0 aliphatic rings. The van der Waals surface area contributed by atoms with Crippen LogP contribution in [0.15, 0.2) is 70.7 Å². The van der Waals surface area contributed by atoms with E-state index in [2.05, 4.69) is 32.9 Å². The van der Waals surface area contributed by atoms with Crippen molar-refractivity contribution in [3.8, 4) is 0 Å². The van der Waals surface area contributed by atoms with Crippen molar-refractivity contribution in [2.24, 2.45) is 12.0 Å². The Kier molecular flexibility index (Phi) is 6.62. The normalized spacial score (nSPS) is 11.4.